The van der Waals surface area contributed by atoms with Crippen molar-refractivity contribution in [2.45, 2.75) is 56.3 Å². The summed E-state index contributed by atoms with van der Waals surface area (Å²) in [6.07, 6.45) is 2.91. The number of rotatable bonds is 16. The number of amides is 4. The van der Waals surface area contributed by atoms with Crippen molar-refractivity contribution in [3.63, 3.8) is 0 Å². The number of aromatic amines is 2. The number of aromatic nitrogens is 3. The Bertz CT molecular complexity index is 1440. The van der Waals surface area contributed by atoms with Crippen molar-refractivity contribution < 1.29 is 39.0 Å². The van der Waals surface area contributed by atoms with Crippen LogP contribution in [0.5, 0.6) is 0 Å². The molecule has 16 heteroatoms. The minimum absolute atomic E-state index is 0.0567. The minimum Gasteiger partial charge on any atom is -0.481 e. The van der Waals surface area contributed by atoms with Gasteiger partial charge in [0.25, 0.3) is 0 Å². The molecule has 0 aliphatic heterocycles. The van der Waals surface area contributed by atoms with Gasteiger partial charge in [-0.1, -0.05) is 18.2 Å². The molecule has 2 aromatic heterocycles. The molecule has 3 rings (SSSR count). The second-order valence-corrected chi connectivity index (χ2v) is 9.58. The number of fused-ring (bicyclic) bond motifs is 1. The zero-order valence-electron chi connectivity index (χ0n) is 22.3. The lowest BCUT2D eigenvalue weighted by atomic mass is 10.0. The van der Waals surface area contributed by atoms with E-state index in [2.05, 4.69) is 30.9 Å². The highest BCUT2D eigenvalue weighted by Crippen LogP contribution is 2.19. The van der Waals surface area contributed by atoms with E-state index in [-0.39, 0.29) is 19.3 Å². The summed E-state index contributed by atoms with van der Waals surface area (Å²) < 4.78 is 0. The number of aliphatic carboxylic acids is 2. The van der Waals surface area contributed by atoms with Crippen LogP contribution in [0.2, 0.25) is 0 Å². The van der Waals surface area contributed by atoms with E-state index in [0.717, 1.165) is 10.9 Å². The summed E-state index contributed by atoms with van der Waals surface area (Å²) in [7, 11) is 0. The van der Waals surface area contributed by atoms with Gasteiger partial charge in [0, 0.05) is 48.3 Å². The summed E-state index contributed by atoms with van der Waals surface area (Å²) in [6, 6.07) is 1.57. The third kappa shape index (κ3) is 8.88. The Labute approximate surface area is 238 Å². The van der Waals surface area contributed by atoms with Crippen LogP contribution in [0, 0.1) is 0 Å². The van der Waals surface area contributed by atoms with Gasteiger partial charge >= 0.3 is 11.9 Å². The molecule has 0 fully saturated rings. The number of benzene rings is 1. The minimum atomic E-state index is -1.67. The van der Waals surface area contributed by atoms with Gasteiger partial charge in [0.2, 0.25) is 23.6 Å². The fourth-order valence-corrected chi connectivity index (χ4v) is 4.22. The number of carbonyl (C=O) groups excluding carboxylic acids is 4. The van der Waals surface area contributed by atoms with E-state index in [4.69, 9.17) is 11.5 Å². The van der Waals surface area contributed by atoms with Gasteiger partial charge in [-0.05, 0) is 18.1 Å². The highest BCUT2D eigenvalue weighted by Gasteiger charge is 2.32. The summed E-state index contributed by atoms with van der Waals surface area (Å²) >= 11 is 0. The molecule has 4 atom stereocenters. The Balaban J connectivity index is 1.83. The van der Waals surface area contributed by atoms with Crippen molar-refractivity contribution in [2.75, 3.05) is 0 Å². The van der Waals surface area contributed by atoms with E-state index < -0.39 is 72.6 Å². The number of primary amides is 1. The first kappa shape index (κ1) is 31.3. The Morgan fingerprint density at radius 1 is 0.881 bits per heavy atom. The fraction of sp³-hybridized carbons (Fsp3) is 0.346. The number of carbonyl (C=O) groups is 6. The lowest BCUT2D eigenvalue weighted by Gasteiger charge is -2.25. The van der Waals surface area contributed by atoms with Crippen LogP contribution < -0.4 is 27.4 Å². The van der Waals surface area contributed by atoms with E-state index in [1.165, 1.54) is 12.5 Å². The lowest BCUT2D eigenvalue weighted by molar-refractivity contribution is -0.143. The Morgan fingerprint density at radius 3 is 2.19 bits per heavy atom. The first-order valence-corrected chi connectivity index (χ1v) is 12.9. The van der Waals surface area contributed by atoms with E-state index in [1.807, 2.05) is 0 Å². The third-order valence-electron chi connectivity index (χ3n) is 6.36. The molecule has 0 radical (unpaired) electrons. The number of hydrogen-bond donors (Lipinski definition) is 9. The van der Waals surface area contributed by atoms with Crippen LogP contribution in [0.1, 0.15) is 30.5 Å². The average Bonchev–Trinajstić information content (AvgIpc) is 3.59. The number of nitrogens with zero attached hydrogens (tertiary/aromatic N) is 1. The molecular formula is C26H32N8O8. The fourth-order valence-electron chi connectivity index (χ4n) is 4.22. The van der Waals surface area contributed by atoms with Gasteiger partial charge in [0.05, 0.1) is 18.8 Å². The molecule has 0 bridgehead atoms. The number of carboxylic acids is 2. The van der Waals surface area contributed by atoms with Crippen molar-refractivity contribution in [1.29, 1.82) is 0 Å². The quantitative estimate of drug-likeness (QED) is 0.0918. The van der Waals surface area contributed by atoms with E-state index in [0.29, 0.717) is 11.3 Å². The SMILES string of the molecule is NC(=O)CC(NC(=O)C(Cc1c[nH]c2ccccc12)NC(=O)C(CCC(=O)O)NC(=O)C(N)Cc1cnc[nH]1)C(=O)O. The average molecular weight is 585 g/mol. The van der Waals surface area contributed by atoms with Crippen molar-refractivity contribution in [3.05, 3.63) is 54.2 Å². The van der Waals surface area contributed by atoms with Gasteiger partial charge in [-0.25, -0.2) is 9.78 Å². The molecule has 11 N–H and O–H groups in total. The molecule has 1 aromatic carbocycles. The van der Waals surface area contributed by atoms with E-state index >= 15 is 0 Å². The molecular weight excluding hydrogens is 552 g/mol. The first-order valence-electron chi connectivity index (χ1n) is 12.9. The van der Waals surface area contributed by atoms with E-state index in [1.54, 1.807) is 30.5 Å². The van der Waals surface area contributed by atoms with Crippen molar-refractivity contribution in [3.8, 4) is 0 Å². The van der Waals surface area contributed by atoms with Crippen LogP contribution in [0.25, 0.3) is 10.9 Å². The highest BCUT2D eigenvalue weighted by molar-refractivity contribution is 5.95. The predicted octanol–water partition coefficient (Wildman–Crippen LogP) is -1.72. The molecule has 4 amide bonds. The molecule has 0 spiro atoms. The normalized spacial score (nSPS) is 13.8. The number of carboxylic acid groups (broad SMARTS) is 2. The number of nitrogens with one attached hydrogen (secondary N) is 5. The van der Waals surface area contributed by atoms with Crippen LogP contribution in [-0.2, 0) is 41.6 Å². The second kappa shape index (κ2) is 14.4. The Hall–Kier alpha value is -5.25. The zero-order chi connectivity index (χ0) is 30.8. The maximum Gasteiger partial charge on any atom is 0.326 e. The molecule has 42 heavy (non-hydrogen) atoms. The van der Waals surface area contributed by atoms with Gasteiger partial charge in [-0.3, -0.25) is 24.0 Å². The van der Waals surface area contributed by atoms with E-state index in [9.17, 15) is 39.0 Å². The van der Waals surface area contributed by atoms with Gasteiger partial charge in [0.1, 0.15) is 18.1 Å². The molecule has 0 saturated heterocycles. The predicted molar refractivity (Wildman–Crippen MR) is 146 cm³/mol. The lowest BCUT2D eigenvalue weighted by Crippen LogP contribution is -2.58. The standard InChI is InChI=1S/C26H32N8O8/c27-16(8-14-11-29-12-31-14)23(38)32-18(5-6-22(36)37)24(39)33-19(25(40)34-20(26(41)42)9-21(28)35)7-13-10-30-17-4-2-1-3-15(13)17/h1-4,10-12,16,18-20,30H,5-9,27H2,(H2,28,35)(H,29,31)(H,32,38)(H,33,39)(H,34,40)(H,36,37)(H,41,42). The molecule has 0 saturated carbocycles. The molecule has 224 valence electrons. The van der Waals surface area contributed by atoms with Gasteiger partial charge in [0.15, 0.2) is 0 Å². The first-order chi connectivity index (χ1) is 19.9. The number of nitrogens with two attached hydrogens (primary N) is 2. The molecule has 0 aliphatic rings. The largest absolute Gasteiger partial charge is 0.481 e. The summed E-state index contributed by atoms with van der Waals surface area (Å²) in [6.45, 7) is 0. The van der Waals surface area contributed by atoms with Gasteiger partial charge < -0.3 is 47.6 Å². The van der Waals surface area contributed by atoms with Gasteiger partial charge in [-0.2, -0.15) is 0 Å². The summed E-state index contributed by atoms with van der Waals surface area (Å²) in [4.78, 5) is 83.4. The van der Waals surface area contributed by atoms with Crippen molar-refractivity contribution in [2.24, 2.45) is 11.5 Å². The third-order valence-corrected chi connectivity index (χ3v) is 6.36. The maximum absolute atomic E-state index is 13.4. The molecule has 0 aliphatic carbocycles. The second-order valence-electron chi connectivity index (χ2n) is 9.58. The van der Waals surface area contributed by atoms with Gasteiger partial charge in [-0.15, -0.1) is 0 Å². The monoisotopic (exact) mass is 584 g/mol. The van der Waals surface area contributed by atoms with Crippen LogP contribution in [0.4, 0.5) is 0 Å². The smallest absolute Gasteiger partial charge is 0.326 e. The molecule has 2 heterocycles. The highest BCUT2D eigenvalue weighted by atomic mass is 16.4. The van der Waals surface area contributed by atoms with Crippen molar-refractivity contribution in [1.82, 2.24) is 30.9 Å². The number of para-hydroxylation sites is 1. The Morgan fingerprint density at radius 2 is 1.55 bits per heavy atom. The summed E-state index contributed by atoms with van der Waals surface area (Å²) in [5.74, 6) is -6.31. The van der Waals surface area contributed by atoms with Crippen LogP contribution in [-0.4, -0.2) is 84.9 Å². The zero-order valence-corrected chi connectivity index (χ0v) is 22.3. The number of imidazole rings is 1. The summed E-state index contributed by atoms with van der Waals surface area (Å²) in [5.41, 5.74) is 13.0. The number of H-pyrrole nitrogens is 2. The van der Waals surface area contributed by atoms with Crippen LogP contribution >= 0.6 is 0 Å². The van der Waals surface area contributed by atoms with Crippen molar-refractivity contribution >= 4 is 46.5 Å². The van der Waals surface area contributed by atoms with Crippen LogP contribution in [0.3, 0.4) is 0 Å². The number of hydrogen-bond acceptors (Lipinski definition) is 8. The molecule has 4 unspecified atom stereocenters. The molecule has 3 aromatic rings. The molecule has 16 nitrogen and oxygen atoms in total. The maximum atomic E-state index is 13.4. The topological polar surface area (TPSA) is 275 Å². The Kier molecular flexibility index (Phi) is 10.7. The summed E-state index contributed by atoms with van der Waals surface area (Å²) in [5, 5.41) is 26.5. The van der Waals surface area contributed by atoms with Crippen LogP contribution in [0.15, 0.2) is 43.0 Å².